The molecule has 0 saturated carbocycles. The Morgan fingerprint density at radius 3 is 0.439 bits per heavy atom. The molecule has 0 saturated heterocycles. The molecule has 0 amide bonds. The van der Waals surface area contributed by atoms with Crippen LogP contribution in [0.5, 0.6) is 0 Å². The van der Waals surface area contributed by atoms with E-state index in [0.29, 0.717) is 63.8 Å². The number of aliphatic hydroxyl groups is 6. The van der Waals surface area contributed by atoms with Gasteiger partial charge in [0, 0.05) is 64.4 Å². The Labute approximate surface area is 461 Å². The van der Waals surface area contributed by atoms with Crippen LogP contribution in [0.15, 0.2) is 24.8 Å². The van der Waals surface area contributed by atoms with Gasteiger partial charge < -0.3 is 80.3 Å². The van der Waals surface area contributed by atoms with E-state index in [4.69, 9.17) is 30.6 Å². The van der Waals surface area contributed by atoms with Crippen molar-refractivity contribution in [1.29, 1.82) is 0 Å². The summed E-state index contributed by atoms with van der Waals surface area (Å²) in [5, 5.41) is 69.8. The number of hydrogen-bond acceptors (Lipinski definition) is 12. The van der Waals surface area contributed by atoms with E-state index in [1.54, 1.807) is 151 Å². The molecule has 0 aromatic heterocycles. The molecule has 0 aliphatic heterocycles. The predicted octanol–water partition coefficient (Wildman–Crippen LogP) is 2.47. The summed E-state index contributed by atoms with van der Waals surface area (Å²) in [5.74, 6) is 0. The van der Waals surface area contributed by atoms with Crippen molar-refractivity contribution in [3.8, 4) is 0 Å². The summed E-state index contributed by atoms with van der Waals surface area (Å²) in [4.78, 5) is 0. The molecule has 0 fully saturated rings. The SMILES string of the molecule is CC(C)[N-]/C=C\[N-]C(C)C.CC(C)[N-]C=C[N-]C(C)C.COCC(C)(C)O.COCC(C)(C)O.COCC(C)(C)O.COCC(C)(C)O.COCC(C)(C)O.COCC(C)(C)O.[Li+].[Li+].[Ti+2].[Ti]. The maximum absolute atomic E-state index is 8.89. The molecule has 0 unspecified atom stereocenters. The minimum atomic E-state index is -0.672. The minimum absolute atomic E-state index is 0. The van der Waals surface area contributed by atoms with Gasteiger partial charge in [-0.25, -0.2) is 24.8 Å². The Morgan fingerprint density at radius 2 is 0.409 bits per heavy atom. The molecule has 6 N–H and O–H groups in total. The van der Waals surface area contributed by atoms with Crippen LogP contribution in [0.4, 0.5) is 0 Å². The van der Waals surface area contributed by atoms with Gasteiger partial charge in [0.25, 0.3) is 0 Å². The first kappa shape index (κ1) is 96.3. The van der Waals surface area contributed by atoms with Crippen molar-refractivity contribution in [2.24, 2.45) is 0 Å². The Balaban J connectivity index is -0.0000000503. The predicted molar refractivity (Wildman–Crippen MR) is 261 cm³/mol. The first-order chi connectivity index (χ1) is 27.6. The summed E-state index contributed by atoms with van der Waals surface area (Å²) in [5.41, 5.74) is -4.03. The third-order valence-electron chi connectivity index (χ3n) is 4.66. The van der Waals surface area contributed by atoms with Crippen molar-refractivity contribution >= 4 is 0 Å². The summed E-state index contributed by atoms with van der Waals surface area (Å²) in [7, 11) is 9.40. The van der Waals surface area contributed by atoms with Gasteiger partial charge in [0.2, 0.25) is 0 Å². The van der Waals surface area contributed by atoms with Crippen molar-refractivity contribution in [3.63, 3.8) is 0 Å². The number of hydrogen-bond donors (Lipinski definition) is 6. The topological polar surface area (TPSA) is 233 Å². The van der Waals surface area contributed by atoms with E-state index in [9.17, 15) is 0 Å². The van der Waals surface area contributed by atoms with Gasteiger partial charge in [-0.1, -0.05) is 55.4 Å². The molecule has 20 heteroatoms. The van der Waals surface area contributed by atoms with E-state index in [2.05, 4.69) is 49.7 Å². The molecule has 390 valence electrons. The van der Waals surface area contributed by atoms with Crippen molar-refractivity contribution in [3.05, 3.63) is 46.1 Å². The van der Waals surface area contributed by atoms with Crippen molar-refractivity contribution < 1.29 is 140 Å². The average Bonchev–Trinajstić information content (AvgIpc) is 3.00. The molecule has 0 aromatic rings. The van der Waals surface area contributed by atoms with Crippen molar-refractivity contribution in [2.75, 3.05) is 82.3 Å². The van der Waals surface area contributed by atoms with Crippen LogP contribution < -0.4 is 37.7 Å². The quantitative estimate of drug-likeness (QED) is 0.0967. The summed E-state index contributed by atoms with van der Waals surface area (Å²) < 4.78 is 27.9. The fourth-order valence-electron chi connectivity index (χ4n) is 2.96. The zero-order chi connectivity index (χ0) is 51.5. The number of rotatable bonds is 20. The maximum atomic E-state index is 8.89. The van der Waals surface area contributed by atoms with E-state index in [1.807, 2.05) is 55.4 Å². The fraction of sp³-hybridized carbons (Fsp3) is 0.913. The first-order valence-corrected chi connectivity index (χ1v) is 21.0. The van der Waals surface area contributed by atoms with Gasteiger partial charge in [-0.3, -0.25) is 0 Å². The molecular weight excluding hydrogens is 910 g/mol. The molecular formula is C46H104Li2N4O12Ti2. The third kappa shape index (κ3) is 175. The normalized spacial score (nSPS) is 11.1. The van der Waals surface area contributed by atoms with Gasteiger partial charge in [-0.05, 0) is 83.1 Å². The van der Waals surface area contributed by atoms with Crippen LogP contribution in [0.25, 0.3) is 21.3 Å². The first-order valence-electron chi connectivity index (χ1n) is 21.0. The zero-order valence-electron chi connectivity index (χ0n) is 47.8. The van der Waals surface area contributed by atoms with E-state index in [0.717, 1.165) is 0 Å². The standard InChI is InChI=1S/2C8H16N2.6C5H12O2.2Li.2Ti/c2*1-7(2)9-5-6-10-8(3)4;6*1-5(2,6)4-7-3;;;;/h2*5-8H,1-4H3;6*6H,4H2,1-3H3;;;;/q2*-2;;;;;;;2*+1;;+2/b6-5-;;;;;;;;;;;. The van der Waals surface area contributed by atoms with Gasteiger partial charge in [-0.15, -0.1) is 24.2 Å². The Morgan fingerprint density at radius 1 is 0.318 bits per heavy atom. The molecule has 0 aromatic carbocycles. The molecule has 0 atom stereocenters. The monoisotopic (exact) mass is 1010 g/mol. The zero-order valence-corrected chi connectivity index (χ0v) is 50.9. The molecule has 66 heavy (non-hydrogen) atoms. The summed E-state index contributed by atoms with van der Waals surface area (Å²) >= 11 is 0. The second kappa shape index (κ2) is 58.4. The second-order valence-electron chi connectivity index (χ2n) is 19.0. The van der Waals surface area contributed by atoms with Crippen LogP contribution in [0.2, 0.25) is 0 Å². The Bertz CT molecular complexity index is 762. The summed E-state index contributed by atoms with van der Waals surface area (Å²) in [6.45, 7) is 39.2. The third-order valence-corrected chi connectivity index (χ3v) is 4.66. The van der Waals surface area contributed by atoms with Gasteiger partial charge in [0.1, 0.15) is 0 Å². The summed E-state index contributed by atoms with van der Waals surface area (Å²) in [6, 6.07) is 1.49. The second-order valence-corrected chi connectivity index (χ2v) is 19.0. The van der Waals surface area contributed by atoms with Gasteiger partial charge in [-0.2, -0.15) is 0 Å². The fourth-order valence-corrected chi connectivity index (χ4v) is 2.96. The Hall–Kier alpha value is 0.823. The van der Waals surface area contributed by atoms with Crippen LogP contribution in [0.1, 0.15) is 138 Å². The minimum Gasteiger partial charge on any atom is -0.690 e. The number of nitrogens with zero attached hydrogens (tertiary/aromatic N) is 4. The van der Waals surface area contributed by atoms with Crippen molar-refractivity contribution in [1.82, 2.24) is 0 Å². The van der Waals surface area contributed by atoms with E-state index >= 15 is 0 Å². The van der Waals surface area contributed by atoms with Crippen LogP contribution in [0.3, 0.4) is 0 Å². The van der Waals surface area contributed by atoms with Crippen LogP contribution >= 0.6 is 0 Å². The van der Waals surface area contributed by atoms with Crippen molar-refractivity contribution in [2.45, 2.75) is 196 Å². The molecule has 0 radical (unpaired) electrons. The molecule has 0 aliphatic rings. The molecule has 0 spiro atoms. The number of ether oxygens (including phenoxy) is 6. The van der Waals surface area contributed by atoms with E-state index in [-0.39, 0.29) is 81.2 Å². The van der Waals surface area contributed by atoms with Crippen LogP contribution in [-0.2, 0) is 71.9 Å². The average molecular weight is 1010 g/mol. The maximum Gasteiger partial charge on any atom is 2.00 e. The Kier molecular flexibility index (Phi) is 85.2. The molecule has 0 rings (SSSR count). The number of methoxy groups -OCH3 is 6. The van der Waals surface area contributed by atoms with Crippen LogP contribution in [-0.4, -0.2) is 171 Å². The smallest absolute Gasteiger partial charge is 0.690 e. The van der Waals surface area contributed by atoms with Gasteiger partial charge in [0.05, 0.1) is 73.2 Å². The molecule has 16 nitrogen and oxygen atoms in total. The van der Waals surface area contributed by atoms with E-state index < -0.39 is 33.6 Å². The largest absolute Gasteiger partial charge is 2.00 e. The molecule has 0 heterocycles. The molecule has 0 aliphatic carbocycles. The summed E-state index contributed by atoms with van der Waals surface area (Å²) in [6.07, 6.45) is 7.02. The molecule has 0 bridgehead atoms. The van der Waals surface area contributed by atoms with Crippen LogP contribution in [0, 0.1) is 0 Å². The van der Waals surface area contributed by atoms with Gasteiger partial charge >= 0.3 is 59.4 Å². The van der Waals surface area contributed by atoms with E-state index in [1.165, 1.54) is 0 Å². The van der Waals surface area contributed by atoms with Gasteiger partial charge in [0.15, 0.2) is 0 Å².